The second-order valence-corrected chi connectivity index (χ2v) is 15.8. The first-order chi connectivity index (χ1) is 27.2. The number of piperazine rings is 1. The van der Waals surface area contributed by atoms with Gasteiger partial charge in [-0.05, 0) is 30.8 Å². The van der Waals surface area contributed by atoms with E-state index in [2.05, 4.69) is 25.8 Å². The predicted octanol–water partition coefficient (Wildman–Crippen LogP) is 5.28. The fourth-order valence-electron chi connectivity index (χ4n) is 9.62. The lowest BCUT2D eigenvalue weighted by molar-refractivity contribution is -0.128. The highest BCUT2D eigenvalue weighted by molar-refractivity contribution is 5.99. The number of nitrogens with zero attached hydrogens (tertiary/aromatic N) is 8. The molecule has 56 heavy (non-hydrogen) atoms. The van der Waals surface area contributed by atoms with Gasteiger partial charge >= 0.3 is 6.01 Å². The number of aromatic nitrogens is 3. The number of alkyl halides is 1. The summed E-state index contributed by atoms with van der Waals surface area (Å²) in [6.07, 6.45) is 5.90. The number of fused-ring (bicyclic) bond motifs is 4. The van der Waals surface area contributed by atoms with E-state index >= 15 is 8.78 Å². The zero-order valence-corrected chi connectivity index (χ0v) is 30.8. The summed E-state index contributed by atoms with van der Waals surface area (Å²) < 4.78 is 73.0. The molecule has 7 heterocycles. The summed E-state index contributed by atoms with van der Waals surface area (Å²) in [7, 11) is 0. The molecule has 0 spiro atoms. The van der Waals surface area contributed by atoms with Crippen molar-refractivity contribution in [1.82, 2.24) is 29.7 Å². The largest absolute Gasteiger partial charge is 0.461 e. The molecule has 0 N–H and O–H groups in total. The van der Waals surface area contributed by atoms with Gasteiger partial charge in [-0.2, -0.15) is 15.2 Å². The van der Waals surface area contributed by atoms with Crippen LogP contribution in [0, 0.1) is 40.6 Å². The highest BCUT2D eigenvalue weighted by Crippen LogP contribution is 2.41. The van der Waals surface area contributed by atoms with E-state index in [-0.39, 0.29) is 65.6 Å². The van der Waals surface area contributed by atoms with Crippen LogP contribution < -0.4 is 9.64 Å². The maximum atomic E-state index is 16.9. The molecule has 5 aliphatic rings. The van der Waals surface area contributed by atoms with Gasteiger partial charge in [0.05, 0.1) is 42.7 Å². The fraction of sp³-hybridized carbons (Fsp3) is 0.488. The summed E-state index contributed by atoms with van der Waals surface area (Å²) in [5.74, 6) is -1.88. The van der Waals surface area contributed by atoms with Gasteiger partial charge in [-0.25, -0.2) is 17.6 Å². The Bertz CT molecular complexity index is 2240. The minimum absolute atomic E-state index is 0.0535. The molecule has 0 saturated carbocycles. The van der Waals surface area contributed by atoms with E-state index in [0.717, 1.165) is 51.8 Å². The number of nitriles is 1. The van der Waals surface area contributed by atoms with Crippen molar-refractivity contribution in [2.24, 2.45) is 11.8 Å². The average molecular weight is 771 g/mol. The van der Waals surface area contributed by atoms with Crippen molar-refractivity contribution in [2.45, 2.75) is 43.4 Å². The number of amides is 1. The number of carbonyl (C=O) groups is 1. The lowest BCUT2D eigenvalue weighted by atomic mass is 9.95. The van der Waals surface area contributed by atoms with Crippen molar-refractivity contribution < 1.29 is 31.8 Å². The molecular formula is C41H42F4N8O3. The molecule has 5 aliphatic heterocycles. The molecule has 4 aromatic rings. The molecule has 292 valence electrons. The van der Waals surface area contributed by atoms with Crippen LogP contribution in [0.25, 0.3) is 32.9 Å². The number of halogens is 4. The zero-order chi connectivity index (χ0) is 38.6. The smallest absolute Gasteiger partial charge is 0.319 e. The molecule has 2 aromatic carbocycles. The zero-order valence-electron chi connectivity index (χ0n) is 30.8. The molecule has 5 saturated heterocycles. The van der Waals surface area contributed by atoms with Crippen molar-refractivity contribution in [3.05, 3.63) is 66.1 Å². The summed E-state index contributed by atoms with van der Waals surface area (Å²) in [6, 6.07) is 8.73. The maximum absolute atomic E-state index is 16.9. The Balaban J connectivity index is 1.03. The van der Waals surface area contributed by atoms with E-state index in [1.165, 1.54) is 18.3 Å². The number of benzene rings is 2. The van der Waals surface area contributed by atoms with Crippen molar-refractivity contribution in [1.29, 1.82) is 5.26 Å². The van der Waals surface area contributed by atoms with Crippen molar-refractivity contribution >= 4 is 33.4 Å². The number of ether oxygens (including phenoxy) is 2. The Hall–Kier alpha value is -4.91. The van der Waals surface area contributed by atoms with Gasteiger partial charge < -0.3 is 19.3 Å². The fourth-order valence-corrected chi connectivity index (χ4v) is 9.62. The van der Waals surface area contributed by atoms with E-state index in [1.807, 2.05) is 11.0 Å². The van der Waals surface area contributed by atoms with E-state index in [0.29, 0.717) is 49.1 Å². The van der Waals surface area contributed by atoms with E-state index in [1.54, 1.807) is 23.1 Å². The minimum atomic E-state index is -1.12. The maximum Gasteiger partial charge on any atom is 0.319 e. The molecule has 0 radical (unpaired) electrons. The van der Waals surface area contributed by atoms with Gasteiger partial charge in [0.2, 0.25) is 5.91 Å². The number of hydrogen-bond donors (Lipinski definition) is 0. The highest BCUT2D eigenvalue weighted by atomic mass is 19.2. The molecule has 5 fully saturated rings. The molecule has 0 unspecified atom stereocenters. The normalized spacial score (nSPS) is 26.8. The Kier molecular flexibility index (Phi) is 9.75. The summed E-state index contributed by atoms with van der Waals surface area (Å²) >= 11 is 0. The summed E-state index contributed by atoms with van der Waals surface area (Å²) in [5, 5.41) is 10.3. The SMILES string of the molecule is N#CC[C@H]1CN(c2nc(OC[C@@]34CCCN3C[C@H](F)C4)nc3c(F)c(-c4cccc5ccc(F)c(F)c45)ncc23)CCN1C(=O)/C=C/CN1C[C@H]2COC[C@H]2C1. The third kappa shape index (κ3) is 6.61. The summed E-state index contributed by atoms with van der Waals surface area (Å²) in [4.78, 5) is 35.2. The van der Waals surface area contributed by atoms with Gasteiger partial charge in [0.15, 0.2) is 17.5 Å². The molecule has 15 heteroatoms. The average Bonchev–Trinajstić information content (AvgIpc) is 3.97. The third-order valence-corrected chi connectivity index (χ3v) is 12.4. The van der Waals surface area contributed by atoms with Crippen LogP contribution in [0.3, 0.4) is 0 Å². The van der Waals surface area contributed by atoms with Gasteiger partial charge in [0.1, 0.15) is 29.8 Å². The Morgan fingerprint density at radius 3 is 2.70 bits per heavy atom. The first-order valence-corrected chi connectivity index (χ1v) is 19.4. The molecular weight excluding hydrogens is 728 g/mol. The quantitative estimate of drug-likeness (QED) is 0.165. The van der Waals surface area contributed by atoms with E-state index in [4.69, 9.17) is 14.5 Å². The summed E-state index contributed by atoms with van der Waals surface area (Å²) in [5.41, 5.74) is -0.841. The number of pyridine rings is 1. The van der Waals surface area contributed by atoms with Crippen LogP contribution >= 0.6 is 0 Å². The first kappa shape index (κ1) is 36.7. The second-order valence-electron chi connectivity index (χ2n) is 15.8. The van der Waals surface area contributed by atoms with Crippen LogP contribution in [0.1, 0.15) is 25.7 Å². The molecule has 9 rings (SSSR count). The molecule has 5 atom stereocenters. The molecule has 0 aliphatic carbocycles. The van der Waals surface area contributed by atoms with Crippen molar-refractivity contribution in [3.8, 4) is 23.3 Å². The van der Waals surface area contributed by atoms with Crippen LogP contribution in [-0.4, -0.2) is 125 Å². The minimum Gasteiger partial charge on any atom is -0.461 e. The van der Waals surface area contributed by atoms with Gasteiger partial charge in [-0.1, -0.05) is 30.3 Å². The molecule has 1 amide bonds. The second kappa shape index (κ2) is 14.9. The molecule has 11 nitrogen and oxygen atoms in total. The van der Waals surface area contributed by atoms with Crippen molar-refractivity contribution in [2.75, 3.05) is 77.1 Å². The number of anilines is 1. The monoisotopic (exact) mass is 770 g/mol. The van der Waals surface area contributed by atoms with Crippen LogP contribution in [0.4, 0.5) is 23.4 Å². The van der Waals surface area contributed by atoms with Crippen LogP contribution in [0.5, 0.6) is 6.01 Å². The number of likely N-dealkylation sites (tertiary alicyclic amines) is 1. The van der Waals surface area contributed by atoms with Gasteiger partial charge in [-0.15, -0.1) is 0 Å². The molecule has 2 aromatic heterocycles. The van der Waals surface area contributed by atoms with Gasteiger partial charge in [-0.3, -0.25) is 19.6 Å². The number of rotatable bonds is 9. The molecule has 0 bridgehead atoms. The first-order valence-electron chi connectivity index (χ1n) is 19.4. The number of carbonyl (C=O) groups excluding carboxylic acids is 1. The van der Waals surface area contributed by atoms with Crippen LogP contribution in [-0.2, 0) is 9.53 Å². The lowest BCUT2D eigenvalue weighted by Crippen LogP contribution is -2.55. The predicted molar refractivity (Wildman–Crippen MR) is 200 cm³/mol. The van der Waals surface area contributed by atoms with Gasteiger partial charge in [0, 0.05) is 87.3 Å². The number of hydrogen-bond acceptors (Lipinski definition) is 10. The van der Waals surface area contributed by atoms with E-state index in [9.17, 15) is 18.8 Å². The topological polar surface area (TPSA) is 111 Å². The lowest BCUT2D eigenvalue weighted by Gasteiger charge is -2.41. The highest BCUT2D eigenvalue weighted by Gasteiger charge is 2.49. The summed E-state index contributed by atoms with van der Waals surface area (Å²) in [6.45, 7) is 6.09. The Morgan fingerprint density at radius 1 is 1.04 bits per heavy atom. The van der Waals surface area contributed by atoms with Crippen molar-refractivity contribution in [3.63, 3.8) is 0 Å². The third-order valence-electron chi connectivity index (χ3n) is 12.4. The van der Waals surface area contributed by atoms with Crippen LogP contribution in [0.2, 0.25) is 0 Å². The van der Waals surface area contributed by atoms with E-state index < -0.39 is 35.2 Å². The van der Waals surface area contributed by atoms with Gasteiger partial charge in [0.25, 0.3) is 0 Å². The van der Waals surface area contributed by atoms with Crippen LogP contribution in [0.15, 0.2) is 48.7 Å². The Morgan fingerprint density at radius 2 is 1.88 bits per heavy atom. The standard InChI is InChI=1S/C41H42F4N8O3/c42-28-16-41(10-3-13-52(41)20-28)24-56-40-48-38-31(17-47-37(36(38)45)30-5-1-4-25-7-8-32(43)35(44)34(25)30)39(49-40)51-14-15-53(29(21-51)9-11-46)33(54)6-2-12-50-18-26-22-55-23-27(26)19-50/h1-2,4-8,17,26-29H,3,9-10,12-16,18-24H2/b6-2+/t26-,27+,28-,29+,41+/m1/s1. The Labute approximate surface area is 321 Å².